The summed E-state index contributed by atoms with van der Waals surface area (Å²) >= 11 is 6.07. The predicted octanol–water partition coefficient (Wildman–Crippen LogP) is 3.80. The first-order valence-corrected chi connectivity index (χ1v) is 6.55. The van der Waals surface area contributed by atoms with Gasteiger partial charge in [0.25, 0.3) is 0 Å². The van der Waals surface area contributed by atoms with Gasteiger partial charge in [0, 0.05) is 10.6 Å². The molecule has 0 unspecified atom stereocenters. The van der Waals surface area contributed by atoms with Crippen molar-refractivity contribution in [3.63, 3.8) is 0 Å². The minimum absolute atomic E-state index is 0.111. The molecule has 0 heterocycles. The van der Waals surface area contributed by atoms with Gasteiger partial charge >= 0.3 is 5.97 Å². The molecular formula is C16H12ClNO3. The molecule has 0 fully saturated rings. The van der Waals surface area contributed by atoms with Gasteiger partial charge in [-0.15, -0.1) is 0 Å². The van der Waals surface area contributed by atoms with E-state index in [0.717, 1.165) is 5.56 Å². The van der Waals surface area contributed by atoms with Crippen molar-refractivity contribution in [1.29, 1.82) is 5.26 Å². The van der Waals surface area contributed by atoms with Crippen molar-refractivity contribution in [2.75, 3.05) is 0 Å². The third-order valence-corrected chi connectivity index (χ3v) is 3.35. The number of hydrogen-bond acceptors (Lipinski definition) is 3. The Morgan fingerprint density at radius 2 is 2.14 bits per heavy atom. The van der Waals surface area contributed by atoms with Crippen molar-refractivity contribution in [2.45, 2.75) is 13.5 Å². The van der Waals surface area contributed by atoms with Crippen molar-refractivity contribution in [3.8, 4) is 11.8 Å². The molecule has 5 heteroatoms. The Morgan fingerprint density at radius 1 is 1.38 bits per heavy atom. The van der Waals surface area contributed by atoms with E-state index in [0.29, 0.717) is 21.9 Å². The summed E-state index contributed by atoms with van der Waals surface area (Å²) in [6, 6.07) is 11.8. The number of carboxylic acid groups (broad SMARTS) is 1. The van der Waals surface area contributed by atoms with E-state index in [9.17, 15) is 4.79 Å². The van der Waals surface area contributed by atoms with E-state index < -0.39 is 5.97 Å². The van der Waals surface area contributed by atoms with Crippen molar-refractivity contribution in [2.24, 2.45) is 0 Å². The summed E-state index contributed by atoms with van der Waals surface area (Å²) in [7, 11) is 0. The molecule has 0 bridgehead atoms. The number of carbonyl (C=O) groups is 1. The molecule has 2 aromatic carbocycles. The minimum atomic E-state index is -1.04. The molecule has 0 atom stereocenters. The number of aromatic carboxylic acids is 1. The van der Waals surface area contributed by atoms with Crippen LogP contribution in [-0.2, 0) is 6.61 Å². The number of nitrogens with zero attached hydrogens (tertiary/aromatic N) is 1. The third-order valence-electron chi connectivity index (χ3n) is 3.00. The molecule has 0 aliphatic rings. The lowest BCUT2D eigenvalue weighted by Crippen LogP contribution is -2.05. The second kappa shape index (κ2) is 6.29. The van der Waals surface area contributed by atoms with Crippen LogP contribution in [0.15, 0.2) is 36.4 Å². The zero-order chi connectivity index (χ0) is 15.4. The molecule has 1 N–H and O–H groups in total. The first kappa shape index (κ1) is 14.9. The third kappa shape index (κ3) is 3.33. The summed E-state index contributed by atoms with van der Waals surface area (Å²) in [5.74, 6) is -0.718. The highest BCUT2D eigenvalue weighted by atomic mass is 35.5. The smallest absolute Gasteiger partial charge is 0.339 e. The Hall–Kier alpha value is -2.51. The lowest BCUT2D eigenvalue weighted by molar-refractivity contribution is 0.0691. The van der Waals surface area contributed by atoms with E-state index in [1.54, 1.807) is 37.3 Å². The highest BCUT2D eigenvalue weighted by Gasteiger charge is 2.14. The van der Waals surface area contributed by atoms with Crippen LogP contribution < -0.4 is 4.74 Å². The van der Waals surface area contributed by atoms with Gasteiger partial charge in [0.2, 0.25) is 0 Å². The van der Waals surface area contributed by atoms with Crippen LogP contribution >= 0.6 is 11.6 Å². The maximum atomic E-state index is 11.2. The molecule has 0 saturated carbocycles. The predicted molar refractivity (Wildman–Crippen MR) is 78.6 cm³/mol. The molecule has 0 saturated heterocycles. The quantitative estimate of drug-likeness (QED) is 0.932. The van der Waals surface area contributed by atoms with Crippen LogP contribution in [0.2, 0.25) is 5.02 Å². The van der Waals surface area contributed by atoms with Crippen molar-refractivity contribution in [1.82, 2.24) is 0 Å². The van der Waals surface area contributed by atoms with Crippen molar-refractivity contribution in [3.05, 3.63) is 63.7 Å². The van der Waals surface area contributed by atoms with Crippen LogP contribution in [0.1, 0.15) is 27.0 Å². The van der Waals surface area contributed by atoms with E-state index >= 15 is 0 Å². The SMILES string of the molecule is Cc1cccc(C(=O)O)c1OCc1ccc(C#N)cc1Cl. The average molecular weight is 302 g/mol. The number of para-hydroxylation sites is 1. The zero-order valence-electron chi connectivity index (χ0n) is 11.3. The first-order valence-electron chi connectivity index (χ1n) is 6.17. The van der Waals surface area contributed by atoms with Gasteiger partial charge in [-0.1, -0.05) is 29.8 Å². The number of nitriles is 1. The number of rotatable bonds is 4. The van der Waals surface area contributed by atoms with Gasteiger partial charge < -0.3 is 9.84 Å². The van der Waals surface area contributed by atoms with Crippen molar-refractivity contribution < 1.29 is 14.6 Å². The minimum Gasteiger partial charge on any atom is -0.488 e. The van der Waals surface area contributed by atoms with E-state index in [4.69, 9.17) is 26.7 Å². The Balaban J connectivity index is 2.25. The highest BCUT2D eigenvalue weighted by Crippen LogP contribution is 2.26. The number of halogens is 1. The number of aryl methyl sites for hydroxylation is 1. The summed E-state index contributed by atoms with van der Waals surface area (Å²) in [4.78, 5) is 11.2. The molecule has 4 nitrogen and oxygen atoms in total. The lowest BCUT2D eigenvalue weighted by Gasteiger charge is -2.12. The maximum absolute atomic E-state index is 11.2. The molecular weight excluding hydrogens is 290 g/mol. The molecule has 21 heavy (non-hydrogen) atoms. The Morgan fingerprint density at radius 3 is 2.76 bits per heavy atom. The fourth-order valence-corrected chi connectivity index (χ4v) is 2.13. The van der Waals surface area contributed by atoms with Crippen LogP contribution in [-0.4, -0.2) is 11.1 Å². The monoisotopic (exact) mass is 301 g/mol. The van der Waals surface area contributed by atoms with Crippen LogP contribution in [0.25, 0.3) is 0 Å². The van der Waals surface area contributed by atoms with Gasteiger partial charge in [-0.25, -0.2) is 4.79 Å². The fourth-order valence-electron chi connectivity index (χ4n) is 1.90. The summed E-state index contributed by atoms with van der Waals surface area (Å²) < 4.78 is 5.62. The number of carboxylic acids is 1. The highest BCUT2D eigenvalue weighted by molar-refractivity contribution is 6.31. The number of hydrogen-bond donors (Lipinski definition) is 1. The van der Waals surface area contributed by atoms with Gasteiger partial charge in [-0.3, -0.25) is 0 Å². The van der Waals surface area contributed by atoms with Gasteiger partial charge in [0.1, 0.15) is 17.9 Å². The van der Waals surface area contributed by atoms with Crippen LogP contribution in [0.3, 0.4) is 0 Å². The second-order valence-electron chi connectivity index (χ2n) is 4.46. The van der Waals surface area contributed by atoms with Gasteiger partial charge in [-0.05, 0) is 30.7 Å². The molecule has 0 aliphatic carbocycles. The summed E-state index contributed by atoms with van der Waals surface area (Å²) in [5.41, 5.74) is 2.00. The maximum Gasteiger partial charge on any atom is 0.339 e. The normalized spacial score (nSPS) is 9.95. The van der Waals surface area contributed by atoms with E-state index in [-0.39, 0.29) is 12.2 Å². The number of benzene rings is 2. The number of ether oxygens (including phenoxy) is 1. The summed E-state index contributed by atoms with van der Waals surface area (Å²) in [5, 5.41) is 18.4. The standard InChI is InChI=1S/C16H12ClNO3/c1-10-3-2-4-13(16(19)20)15(10)21-9-12-6-5-11(8-18)7-14(12)17/h2-7H,9H2,1H3,(H,19,20). The van der Waals surface area contributed by atoms with Gasteiger partial charge in [0.15, 0.2) is 0 Å². The molecule has 0 aliphatic heterocycles. The Labute approximate surface area is 127 Å². The van der Waals surface area contributed by atoms with Crippen LogP contribution in [0.4, 0.5) is 0 Å². The van der Waals surface area contributed by atoms with Gasteiger partial charge in [0.05, 0.1) is 11.6 Å². The zero-order valence-corrected chi connectivity index (χ0v) is 12.0. The van der Waals surface area contributed by atoms with Crippen LogP contribution in [0.5, 0.6) is 5.75 Å². The van der Waals surface area contributed by atoms with Crippen LogP contribution in [0, 0.1) is 18.3 Å². The average Bonchev–Trinajstić information content (AvgIpc) is 2.46. The second-order valence-corrected chi connectivity index (χ2v) is 4.87. The molecule has 0 amide bonds. The Kier molecular flexibility index (Phi) is 4.46. The van der Waals surface area contributed by atoms with E-state index in [1.807, 2.05) is 6.07 Å². The molecule has 0 radical (unpaired) electrons. The Bertz CT molecular complexity index is 735. The molecule has 106 valence electrons. The first-order chi connectivity index (χ1) is 10.0. The molecule has 2 aromatic rings. The van der Waals surface area contributed by atoms with Gasteiger partial charge in [-0.2, -0.15) is 5.26 Å². The summed E-state index contributed by atoms with van der Waals surface area (Å²) in [6.07, 6.45) is 0. The fraction of sp³-hybridized carbons (Fsp3) is 0.125. The van der Waals surface area contributed by atoms with Crippen molar-refractivity contribution >= 4 is 17.6 Å². The molecule has 0 aromatic heterocycles. The molecule has 0 spiro atoms. The van der Waals surface area contributed by atoms with E-state index in [2.05, 4.69) is 0 Å². The summed E-state index contributed by atoms with van der Waals surface area (Å²) in [6.45, 7) is 1.91. The topological polar surface area (TPSA) is 70.3 Å². The largest absolute Gasteiger partial charge is 0.488 e. The lowest BCUT2D eigenvalue weighted by atomic mass is 10.1. The van der Waals surface area contributed by atoms with E-state index in [1.165, 1.54) is 6.07 Å². The molecule has 2 rings (SSSR count).